The molecule has 2 amide bonds. The van der Waals surface area contributed by atoms with Gasteiger partial charge in [0.05, 0.1) is 27.7 Å². The highest BCUT2D eigenvalue weighted by Crippen LogP contribution is 2.51. The minimum Gasteiger partial charge on any atom is -0.444 e. The quantitative estimate of drug-likeness (QED) is 0.126. The van der Waals surface area contributed by atoms with Crippen molar-refractivity contribution in [1.82, 2.24) is 25.0 Å². The van der Waals surface area contributed by atoms with E-state index in [1.54, 1.807) is 49.4 Å². The molecule has 57 heavy (non-hydrogen) atoms. The van der Waals surface area contributed by atoms with Crippen molar-refractivity contribution < 1.29 is 45.6 Å². The molecule has 1 saturated heterocycles. The first-order chi connectivity index (χ1) is 26.6. The summed E-state index contributed by atoms with van der Waals surface area (Å²) in [5, 5.41) is 6.12. The van der Waals surface area contributed by atoms with Crippen molar-refractivity contribution in [2.75, 3.05) is 0 Å². The van der Waals surface area contributed by atoms with Crippen LogP contribution in [0.5, 0.6) is 0 Å². The number of ether oxygens (including phenoxy) is 1. The largest absolute Gasteiger partial charge is 0.494 e. The van der Waals surface area contributed by atoms with E-state index in [1.807, 2.05) is 27.7 Å². The van der Waals surface area contributed by atoms with E-state index < -0.39 is 72.4 Å². The van der Waals surface area contributed by atoms with Crippen molar-refractivity contribution in [3.05, 3.63) is 101 Å². The summed E-state index contributed by atoms with van der Waals surface area (Å²) in [6.07, 6.45) is -5.76. The summed E-state index contributed by atoms with van der Waals surface area (Å²) in [5.74, 6) is -1.57. The maximum atomic E-state index is 15.1. The number of carbonyl (C=O) groups excluding carboxylic acids is 2. The maximum Gasteiger partial charge on any atom is 0.494 e. The highest BCUT2D eigenvalue weighted by Gasteiger charge is 2.60. The first kappa shape index (κ1) is 41.8. The average Bonchev–Trinajstić information content (AvgIpc) is 3.79. The fourth-order valence-electron chi connectivity index (χ4n) is 6.62. The second kappa shape index (κ2) is 15.1. The molecule has 0 bridgehead atoms. The Balaban J connectivity index is 1.45. The third-order valence-electron chi connectivity index (χ3n) is 10.8. The second-order valence-electron chi connectivity index (χ2n) is 15.6. The van der Waals surface area contributed by atoms with Crippen LogP contribution in [0.15, 0.2) is 84.1 Å². The average molecular weight is 815 g/mol. The molecule has 2 aliphatic rings. The zero-order chi connectivity index (χ0) is 41.7. The standard InChI is InChI=1S/C39H41BClF5N6O5/c1-23(25-13-18-29(41)28(19-25)30-47-22-48-52(30)32(42)43)51-31(53)38(21-35(2,3)39(44,45)46,50-33(51)49-34(54)55-20-24-11-9-8-10-12-24)26-14-16-27(17-15-26)40-56-36(4,5)37(6,7)57-40/h8-19,22-23,32H,20-21H2,1-7H3,(H,49,50,54)/t23-,38+/m0/s1. The van der Waals surface area contributed by atoms with Crippen LogP contribution in [-0.4, -0.2) is 62.1 Å². The maximum absolute atomic E-state index is 15.1. The van der Waals surface area contributed by atoms with Gasteiger partial charge in [0.15, 0.2) is 11.4 Å². The minimum absolute atomic E-state index is 0.0356. The number of halogens is 6. The molecular formula is C39H41BClF5N6O5. The van der Waals surface area contributed by atoms with E-state index in [9.17, 15) is 26.7 Å². The molecule has 0 radical (unpaired) electrons. The Morgan fingerprint density at radius 1 is 0.982 bits per heavy atom. The molecule has 0 spiro atoms. The van der Waals surface area contributed by atoms with Crippen LogP contribution in [0.1, 0.15) is 84.2 Å². The summed E-state index contributed by atoms with van der Waals surface area (Å²) in [5.41, 5.74) is -4.45. The van der Waals surface area contributed by atoms with Crippen molar-refractivity contribution in [3.63, 3.8) is 0 Å². The Morgan fingerprint density at radius 3 is 2.21 bits per heavy atom. The Kier molecular flexibility index (Phi) is 11.1. The molecule has 0 saturated carbocycles. The molecular weight excluding hydrogens is 774 g/mol. The van der Waals surface area contributed by atoms with Crippen molar-refractivity contribution in [3.8, 4) is 11.4 Å². The number of amides is 2. The number of alkyl carbamates (subject to hydrolysis) is 1. The zero-order valence-corrected chi connectivity index (χ0v) is 33.0. The highest BCUT2D eigenvalue weighted by molar-refractivity contribution is 6.62. The molecule has 4 aromatic rings. The summed E-state index contributed by atoms with van der Waals surface area (Å²) in [6, 6.07) is 18.2. The number of guanidine groups is 1. The van der Waals surface area contributed by atoms with Gasteiger partial charge in [0.1, 0.15) is 12.9 Å². The number of nitrogens with one attached hydrogen (secondary N) is 1. The first-order valence-corrected chi connectivity index (χ1v) is 18.4. The molecule has 302 valence electrons. The normalized spacial score (nSPS) is 19.9. The fourth-order valence-corrected chi connectivity index (χ4v) is 6.83. The van der Waals surface area contributed by atoms with E-state index >= 15 is 4.79 Å². The predicted molar refractivity (Wildman–Crippen MR) is 202 cm³/mol. The molecule has 0 aliphatic carbocycles. The Morgan fingerprint density at radius 2 is 1.61 bits per heavy atom. The van der Waals surface area contributed by atoms with Crippen LogP contribution in [-0.2, 0) is 31.0 Å². The van der Waals surface area contributed by atoms with Gasteiger partial charge >= 0.3 is 25.9 Å². The van der Waals surface area contributed by atoms with Gasteiger partial charge < -0.3 is 14.0 Å². The van der Waals surface area contributed by atoms with E-state index in [2.05, 4.69) is 20.4 Å². The van der Waals surface area contributed by atoms with Gasteiger partial charge in [-0.15, -0.1) is 0 Å². The first-order valence-electron chi connectivity index (χ1n) is 18.0. The van der Waals surface area contributed by atoms with Crippen LogP contribution in [0.4, 0.5) is 26.7 Å². The number of hydrogen-bond acceptors (Lipinski definition) is 8. The van der Waals surface area contributed by atoms with Gasteiger partial charge in [-0.05, 0) is 75.3 Å². The summed E-state index contributed by atoms with van der Waals surface area (Å²) in [4.78, 5) is 38.1. The third kappa shape index (κ3) is 8.01. The van der Waals surface area contributed by atoms with Crippen molar-refractivity contribution >= 4 is 42.1 Å². The van der Waals surface area contributed by atoms with Gasteiger partial charge in [0, 0.05) is 5.56 Å². The van der Waals surface area contributed by atoms with Crippen molar-refractivity contribution in [2.45, 2.75) is 97.0 Å². The molecule has 6 rings (SSSR count). The smallest absolute Gasteiger partial charge is 0.444 e. The topological polar surface area (TPSA) is 120 Å². The number of aromatic nitrogens is 3. The van der Waals surface area contributed by atoms with Gasteiger partial charge in [-0.3, -0.25) is 15.0 Å². The molecule has 1 N–H and O–H groups in total. The number of carbonyl (C=O) groups is 2. The summed E-state index contributed by atoms with van der Waals surface area (Å²) >= 11 is 6.44. The van der Waals surface area contributed by atoms with E-state index in [4.69, 9.17) is 25.6 Å². The molecule has 0 unspecified atom stereocenters. The highest BCUT2D eigenvalue weighted by atomic mass is 35.5. The minimum atomic E-state index is -4.79. The van der Waals surface area contributed by atoms with Gasteiger partial charge in [0.25, 0.3) is 5.91 Å². The van der Waals surface area contributed by atoms with E-state index in [-0.39, 0.29) is 28.6 Å². The van der Waals surface area contributed by atoms with Crippen LogP contribution >= 0.6 is 11.6 Å². The summed E-state index contributed by atoms with van der Waals surface area (Å²) < 4.78 is 90.0. The number of rotatable bonds is 10. The second-order valence-corrected chi connectivity index (χ2v) is 16.1. The lowest BCUT2D eigenvalue weighted by molar-refractivity contribution is -0.218. The Labute approximate surface area is 331 Å². The molecule has 3 aromatic carbocycles. The molecule has 11 nitrogen and oxygen atoms in total. The number of benzene rings is 3. The van der Waals surface area contributed by atoms with Gasteiger partial charge in [-0.25, -0.2) is 14.8 Å². The Bertz CT molecular complexity index is 2150. The van der Waals surface area contributed by atoms with Crippen LogP contribution < -0.4 is 10.8 Å². The fraction of sp³-hybridized carbons (Fsp3) is 0.410. The van der Waals surface area contributed by atoms with Gasteiger partial charge in [0.2, 0.25) is 5.96 Å². The van der Waals surface area contributed by atoms with Gasteiger partial charge in [-0.2, -0.15) is 31.7 Å². The molecule has 2 atom stereocenters. The van der Waals surface area contributed by atoms with Crippen molar-refractivity contribution in [1.29, 1.82) is 0 Å². The zero-order valence-electron chi connectivity index (χ0n) is 32.2. The lowest BCUT2D eigenvalue weighted by Gasteiger charge is -2.37. The predicted octanol–water partition coefficient (Wildman–Crippen LogP) is 8.35. The lowest BCUT2D eigenvalue weighted by atomic mass is 9.72. The Hall–Kier alpha value is -4.87. The third-order valence-corrected chi connectivity index (χ3v) is 11.1. The van der Waals surface area contributed by atoms with E-state index in [0.717, 1.165) is 25.1 Å². The SMILES string of the molecule is C[C@@H](c1ccc(Cl)c(-c2ncnn2C(F)F)c1)N1C(=O)[C@@](CC(C)(C)C(F)(F)F)(c2ccc(B3OC(C)(C)C(C)(C)O3)cc2)N=C1NC(=O)OCc1ccccc1. The number of alkyl halides is 5. The van der Waals surface area contributed by atoms with Gasteiger partial charge in [-0.1, -0.05) is 86.1 Å². The summed E-state index contributed by atoms with van der Waals surface area (Å²) in [6.45, 7) is 7.77. The molecule has 18 heteroatoms. The molecule has 3 heterocycles. The molecule has 2 aliphatic heterocycles. The molecule has 1 aromatic heterocycles. The van der Waals surface area contributed by atoms with Crippen LogP contribution in [0.25, 0.3) is 11.4 Å². The summed E-state index contributed by atoms with van der Waals surface area (Å²) in [7, 11) is -0.808. The number of nitrogens with zero attached hydrogens (tertiary/aromatic N) is 5. The van der Waals surface area contributed by atoms with E-state index in [1.165, 1.54) is 30.3 Å². The van der Waals surface area contributed by atoms with Crippen LogP contribution in [0, 0.1) is 5.41 Å². The molecule has 1 fully saturated rings. The number of aliphatic imine (C=N–C) groups is 1. The number of hydrogen-bond donors (Lipinski definition) is 1. The van der Waals surface area contributed by atoms with E-state index in [0.29, 0.717) is 21.3 Å². The lowest BCUT2D eigenvalue weighted by Crippen LogP contribution is -2.49. The van der Waals surface area contributed by atoms with Crippen LogP contribution in [0.3, 0.4) is 0 Å². The van der Waals surface area contributed by atoms with Crippen LogP contribution in [0.2, 0.25) is 5.02 Å². The monoisotopic (exact) mass is 814 g/mol. The van der Waals surface area contributed by atoms with Crippen molar-refractivity contribution in [2.24, 2.45) is 10.4 Å².